The SMILES string of the molecule is CC[Si](C#CC[C@@H](COC(C)(C)C)N=[N+]=[N-])(CC)CC. The summed E-state index contributed by atoms with van der Waals surface area (Å²) in [5.74, 6) is 3.27. The molecule has 0 saturated heterocycles. The molecule has 20 heavy (non-hydrogen) atoms. The Morgan fingerprint density at radius 2 is 1.75 bits per heavy atom. The highest BCUT2D eigenvalue weighted by Gasteiger charge is 2.24. The van der Waals surface area contributed by atoms with E-state index in [2.05, 4.69) is 42.3 Å². The first-order valence-corrected chi connectivity index (χ1v) is 10.1. The number of hydrogen-bond donors (Lipinski definition) is 0. The zero-order valence-corrected chi connectivity index (χ0v) is 14.9. The molecule has 0 N–H and O–H groups in total. The summed E-state index contributed by atoms with van der Waals surface area (Å²) >= 11 is 0. The minimum Gasteiger partial charge on any atom is -0.375 e. The van der Waals surface area contributed by atoms with Crippen LogP contribution in [-0.2, 0) is 4.74 Å². The molecule has 1 atom stereocenters. The topological polar surface area (TPSA) is 58.0 Å². The highest BCUT2D eigenvalue weighted by molar-refractivity contribution is 6.87. The van der Waals surface area contributed by atoms with Crippen LogP contribution in [-0.4, -0.2) is 26.3 Å². The zero-order valence-electron chi connectivity index (χ0n) is 13.9. The number of azide groups is 1. The summed E-state index contributed by atoms with van der Waals surface area (Å²) in [7, 11) is -1.40. The van der Waals surface area contributed by atoms with E-state index in [1.807, 2.05) is 20.8 Å². The van der Waals surface area contributed by atoms with Gasteiger partial charge >= 0.3 is 0 Å². The summed E-state index contributed by atoms with van der Waals surface area (Å²) < 4.78 is 5.68. The Bertz CT molecular complexity index is 374. The Balaban J connectivity index is 4.67. The third-order valence-corrected chi connectivity index (χ3v) is 8.41. The molecule has 0 unspecified atom stereocenters. The minimum atomic E-state index is -1.40. The van der Waals surface area contributed by atoms with Gasteiger partial charge in [-0.1, -0.05) is 25.9 Å². The van der Waals surface area contributed by atoms with Crippen LogP contribution in [0.3, 0.4) is 0 Å². The Hall–Kier alpha value is -0.953. The van der Waals surface area contributed by atoms with Gasteiger partial charge in [-0.25, -0.2) is 0 Å². The Labute approximate surface area is 124 Å². The molecule has 0 spiro atoms. The van der Waals surface area contributed by atoms with Gasteiger partial charge in [0.05, 0.1) is 18.2 Å². The molecule has 0 radical (unpaired) electrons. The van der Waals surface area contributed by atoms with Gasteiger partial charge in [0.1, 0.15) is 8.07 Å². The maximum Gasteiger partial charge on any atom is 0.137 e. The quantitative estimate of drug-likeness (QED) is 0.216. The summed E-state index contributed by atoms with van der Waals surface area (Å²) in [5, 5.41) is 3.79. The molecule has 0 heterocycles. The summed E-state index contributed by atoms with van der Waals surface area (Å²) in [5.41, 5.74) is 11.9. The van der Waals surface area contributed by atoms with Crippen molar-refractivity contribution in [2.75, 3.05) is 6.61 Å². The molecule has 0 bridgehead atoms. The first-order valence-electron chi connectivity index (χ1n) is 7.50. The molecule has 5 heteroatoms. The summed E-state index contributed by atoms with van der Waals surface area (Å²) in [4.78, 5) is 2.90. The van der Waals surface area contributed by atoms with Crippen molar-refractivity contribution < 1.29 is 4.74 Å². The molecule has 0 aromatic heterocycles. The highest BCUT2D eigenvalue weighted by Crippen LogP contribution is 2.19. The van der Waals surface area contributed by atoms with E-state index < -0.39 is 8.07 Å². The van der Waals surface area contributed by atoms with E-state index in [0.717, 1.165) is 0 Å². The standard InChI is InChI=1S/C15H29N3OSi/c1-7-20(8-2,9-3)12-10-11-14(17-18-16)13-19-15(4,5)6/h14H,7-9,11,13H2,1-6H3/t14-/m0/s1. The highest BCUT2D eigenvalue weighted by atomic mass is 28.3. The van der Waals surface area contributed by atoms with Crippen LogP contribution in [0.15, 0.2) is 5.11 Å². The van der Waals surface area contributed by atoms with E-state index in [0.29, 0.717) is 13.0 Å². The Morgan fingerprint density at radius 1 is 1.20 bits per heavy atom. The molecule has 0 aromatic carbocycles. The lowest BCUT2D eigenvalue weighted by molar-refractivity contribution is -0.00926. The molecule has 0 saturated carbocycles. The van der Waals surface area contributed by atoms with Gasteiger partial charge in [0.2, 0.25) is 0 Å². The average Bonchev–Trinajstić information content (AvgIpc) is 2.40. The van der Waals surface area contributed by atoms with E-state index in [9.17, 15) is 0 Å². The smallest absolute Gasteiger partial charge is 0.137 e. The summed E-state index contributed by atoms with van der Waals surface area (Å²) in [6, 6.07) is 3.39. The second-order valence-electron chi connectivity index (χ2n) is 6.13. The summed E-state index contributed by atoms with van der Waals surface area (Å²) in [6.07, 6.45) is 0.592. The molecule has 0 fully saturated rings. The fraction of sp³-hybridized carbons (Fsp3) is 0.867. The van der Waals surface area contributed by atoms with Crippen LogP contribution in [0.5, 0.6) is 0 Å². The van der Waals surface area contributed by atoms with Crippen LogP contribution in [0.25, 0.3) is 10.4 Å². The minimum absolute atomic E-state index is 0.191. The van der Waals surface area contributed by atoms with Gasteiger partial charge in [-0.3, -0.25) is 0 Å². The second-order valence-corrected chi connectivity index (χ2v) is 11.1. The summed E-state index contributed by atoms with van der Waals surface area (Å²) in [6.45, 7) is 13.1. The molecule has 0 rings (SSSR count). The van der Waals surface area contributed by atoms with Crippen LogP contribution in [0.2, 0.25) is 18.1 Å². The lowest BCUT2D eigenvalue weighted by atomic mass is 10.2. The van der Waals surface area contributed by atoms with Gasteiger partial charge in [0, 0.05) is 11.3 Å². The van der Waals surface area contributed by atoms with Gasteiger partial charge in [-0.05, 0) is 44.4 Å². The zero-order chi connectivity index (χ0) is 15.6. The van der Waals surface area contributed by atoms with Crippen molar-refractivity contribution in [2.24, 2.45) is 5.11 Å². The normalized spacial score (nSPS) is 13.1. The lowest BCUT2D eigenvalue weighted by Crippen LogP contribution is -2.29. The number of rotatable bonds is 7. The molecule has 0 aromatic rings. The average molecular weight is 296 g/mol. The van der Waals surface area contributed by atoms with Gasteiger partial charge in [-0.2, -0.15) is 0 Å². The molecule has 0 aliphatic rings. The lowest BCUT2D eigenvalue weighted by Gasteiger charge is -2.22. The largest absolute Gasteiger partial charge is 0.375 e. The van der Waals surface area contributed by atoms with Crippen molar-refractivity contribution >= 4 is 8.07 Å². The van der Waals surface area contributed by atoms with E-state index in [4.69, 9.17) is 10.3 Å². The molecular weight excluding hydrogens is 266 g/mol. The van der Waals surface area contributed by atoms with Crippen LogP contribution < -0.4 is 0 Å². The first kappa shape index (κ1) is 19.0. The maximum absolute atomic E-state index is 8.63. The van der Waals surface area contributed by atoms with Crippen LogP contribution >= 0.6 is 0 Å². The predicted octanol–water partition coefficient (Wildman–Crippen LogP) is 4.92. The molecule has 0 aliphatic carbocycles. The van der Waals surface area contributed by atoms with E-state index in [-0.39, 0.29) is 11.6 Å². The van der Waals surface area contributed by atoms with Crippen LogP contribution in [0.4, 0.5) is 0 Å². The predicted molar refractivity (Wildman–Crippen MR) is 88.2 cm³/mol. The van der Waals surface area contributed by atoms with Crippen molar-refractivity contribution in [1.82, 2.24) is 0 Å². The molecule has 0 amide bonds. The fourth-order valence-electron chi connectivity index (χ4n) is 1.92. The number of hydrogen-bond acceptors (Lipinski definition) is 2. The van der Waals surface area contributed by atoms with Crippen molar-refractivity contribution in [2.45, 2.75) is 77.7 Å². The second kappa shape index (κ2) is 9.07. The van der Waals surface area contributed by atoms with Crippen molar-refractivity contribution in [3.05, 3.63) is 10.4 Å². The Kier molecular flexibility index (Phi) is 8.64. The Morgan fingerprint density at radius 3 is 2.15 bits per heavy atom. The van der Waals surface area contributed by atoms with E-state index >= 15 is 0 Å². The first-order chi connectivity index (χ1) is 9.32. The van der Waals surface area contributed by atoms with Crippen LogP contribution in [0, 0.1) is 11.5 Å². The van der Waals surface area contributed by atoms with Gasteiger partial charge in [0.15, 0.2) is 0 Å². The fourth-order valence-corrected chi connectivity index (χ4v) is 4.43. The number of nitrogens with zero attached hydrogens (tertiary/aromatic N) is 3. The molecule has 114 valence electrons. The van der Waals surface area contributed by atoms with E-state index in [1.54, 1.807) is 0 Å². The third kappa shape index (κ3) is 7.59. The maximum atomic E-state index is 8.63. The van der Waals surface area contributed by atoms with Gasteiger partial charge < -0.3 is 4.74 Å². The van der Waals surface area contributed by atoms with Crippen LogP contribution in [0.1, 0.15) is 48.0 Å². The van der Waals surface area contributed by atoms with Gasteiger partial charge in [0.25, 0.3) is 0 Å². The monoisotopic (exact) mass is 295 g/mol. The van der Waals surface area contributed by atoms with Crippen molar-refractivity contribution in [1.29, 1.82) is 0 Å². The molecule has 0 aliphatic heterocycles. The molecular formula is C15H29N3OSi. The van der Waals surface area contributed by atoms with Crippen molar-refractivity contribution in [3.8, 4) is 11.5 Å². The third-order valence-electron chi connectivity index (χ3n) is 3.65. The van der Waals surface area contributed by atoms with Crippen molar-refractivity contribution in [3.63, 3.8) is 0 Å². The van der Waals surface area contributed by atoms with Gasteiger partial charge in [-0.15, -0.1) is 11.5 Å². The molecule has 4 nitrogen and oxygen atoms in total. The van der Waals surface area contributed by atoms with E-state index in [1.165, 1.54) is 18.1 Å². The number of ether oxygens (including phenoxy) is 1.